The SMILES string of the molecule is O=C(NCCNS(=O)(=O)c1cccs1)c1ccn(C2CCCNC2)n1. The van der Waals surface area contributed by atoms with E-state index in [9.17, 15) is 13.2 Å². The summed E-state index contributed by atoms with van der Waals surface area (Å²) in [5.41, 5.74) is 0.340. The quantitative estimate of drug-likeness (QED) is 0.607. The fraction of sp³-hybridized carbons (Fsp3) is 0.467. The van der Waals surface area contributed by atoms with Crippen LogP contribution in [0.4, 0.5) is 0 Å². The molecule has 1 atom stereocenters. The van der Waals surface area contributed by atoms with Crippen LogP contribution in [0.3, 0.4) is 0 Å². The molecule has 1 aliphatic heterocycles. The van der Waals surface area contributed by atoms with Crippen molar-refractivity contribution in [2.24, 2.45) is 0 Å². The Hall–Kier alpha value is -1.75. The topological polar surface area (TPSA) is 105 Å². The van der Waals surface area contributed by atoms with Gasteiger partial charge >= 0.3 is 0 Å². The first kappa shape index (κ1) is 18.1. The number of aromatic nitrogens is 2. The van der Waals surface area contributed by atoms with E-state index >= 15 is 0 Å². The number of piperidine rings is 1. The summed E-state index contributed by atoms with van der Waals surface area (Å²) in [6.07, 6.45) is 3.95. The molecule has 0 spiro atoms. The van der Waals surface area contributed by atoms with E-state index in [0.717, 1.165) is 37.3 Å². The minimum Gasteiger partial charge on any atom is -0.349 e. The van der Waals surface area contributed by atoms with Gasteiger partial charge in [0.25, 0.3) is 5.91 Å². The number of nitrogens with zero attached hydrogens (tertiary/aromatic N) is 2. The normalized spacial score (nSPS) is 18.2. The van der Waals surface area contributed by atoms with Gasteiger partial charge in [-0.05, 0) is 36.9 Å². The molecular formula is C15H21N5O3S2. The molecule has 1 saturated heterocycles. The number of thiophene rings is 1. The van der Waals surface area contributed by atoms with Crippen LogP contribution >= 0.6 is 11.3 Å². The van der Waals surface area contributed by atoms with Gasteiger partial charge in [-0.15, -0.1) is 11.3 Å². The van der Waals surface area contributed by atoms with Crippen molar-refractivity contribution in [3.8, 4) is 0 Å². The molecule has 0 bridgehead atoms. The van der Waals surface area contributed by atoms with Gasteiger partial charge in [-0.2, -0.15) is 5.10 Å². The van der Waals surface area contributed by atoms with Crippen molar-refractivity contribution in [1.82, 2.24) is 25.1 Å². The first-order chi connectivity index (χ1) is 12.1. The Balaban J connectivity index is 1.46. The van der Waals surface area contributed by atoms with E-state index in [-0.39, 0.29) is 29.2 Å². The highest BCUT2D eigenvalue weighted by Gasteiger charge is 2.18. The summed E-state index contributed by atoms with van der Waals surface area (Å²) in [7, 11) is -3.50. The highest BCUT2D eigenvalue weighted by atomic mass is 32.2. The Kier molecular flexibility index (Phi) is 5.84. The van der Waals surface area contributed by atoms with Crippen molar-refractivity contribution in [2.45, 2.75) is 23.1 Å². The van der Waals surface area contributed by atoms with Gasteiger partial charge in [0.15, 0.2) is 0 Å². The van der Waals surface area contributed by atoms with E-state index in [2.05, 4.69) is 20.5 Å². The summed E-state index contributed by atoms with van der Waals surface area (Å²) in [4.78, 5) is 12.1. The van der Waals surface area contributed by atoms with E-state index in [0.29, 0.717) is 5.69 Å². The van der Waals surface area contributed by atoms with Crippen LogP contribution in [0.25, 0.3) is 0 Å². The molecule has 8 nitrogen and oxygen atoms in total. The Labute approximate surface area is 150 Å². The number of amides is 1. The lowest BCUT2D eigenvalue weighted by Crippen LogP contribution is -2.35. The van der Waals surface area contributed by atoms with Crippen molar-refractivity contribution in [3.05, 3.63) is 35.5 Å². The van der Waals surface area contributed by atoms with Gasteiger partial charge < -0.3 is 10.6 Å². The van der Waals surface area contributed by atoms with Crippen molar-refractivity contribution in [3.63, 3.8) is 0 Å². The first-order valence-electron chi connectivity index (χ1n) is 8.13. The molecule has 0 aliphatic carbocycles. The smallest absolute Gasteiger partial charge is 0.271 e. The highest BCUT2D eigenvalue weighted by Crippen LogP contribution is 2.16. The van der Waals surface area contributed by atoms with Crippen LogP contribution in [-0.2, 0) is 10.0 Å². The second-order valence-electron chi connectivity index (χ2n) is 5.77. The zero-order chi connectivity index (χ0) is 17.7. The molecule has 0 aromatic carbocycles. The monoisotopic (exact) mass is 383 g/mol. The number of hydrogen-bond acceptors (Lipinski definition) is 6. The summed E-state index contributed by atoms with van der Waals surface area (Å²) in [5.74, 6) is -0.308. The minimum absolute atomic E-state index is 0.124. The molecule has 3 rings (SSSR count). The summed E-state index contributed by atoms with van der Waals surface area (Å²) < 4.78 is 28.4. The number of nitrogens with one attached hydrogen (secondary N) is 3. The Morgan fingerprint density at radius 3 is 3.00 bits per heavy atom. The van der Waals surface area contributed by atoms with Gasteiger partial charge in [0.05, 0.1) is 6.04 Å². The van der Waals surface area contributed by atoms with E-state index in [1.54, 1.807) is 23.6 Å². The Morgan fingerprint density at radius 2 is 2.28 bits per heavy atom. The lowest BCUT2D eigenvalue weighted by Gasteiger charge is -2.22. The van der Waals surface area contributed by atoms with E-state index < -0.39 is 10.0 Å². The third kappa shape index (κ3) is 4.66. The average Bonchev–Trinajstić information content (AvgIpc) is 3.31. The third-order valence-corrected chi connectivity index (χ3v) is 6.81. The lowest BCUT2D eigenvalue weighted by atomic mass is 10.1. The maximum absolute atomic E-state index is 12.1. The highest BCUT2D eigenvalue weighted by molar-refractivity contribution is 7.91. The molecular weight excluding hydrogens is 362 g/mol. The number of hydrogen-bond donors (Lipinski definition) is 3. The standard InChI is InChI=1S/C15H21N5O3S2/c21-15(13-5-9-20(19-13)12-3-1-6-16-11-12)17-7-8-18-25(22,23)14-4-2-10-24-14/h2,4-5,9-10,12,16,18H,1,3,6-8,11H2,(H,17,21). The van der Waals surface area contributed by atoms with E-state index in [1.807, 2.05) is 10.9 Å². The predicted octanol–water partition coefficient (Wildman–Crippen LogP) is 0.577. The maximum Gasteiger partial charge on any atom is 0.271 e. The molecule has 1 aliphatic rings. The first-order valence-corrected chi connectivity index (χ1v) is 10.5. The van der Waals surface area contributed by atoms with Crippen LogP contribution in [0.15, 0.2) is 34.0 Å². The second-order valence-corrected chi connectivity index (χ2v) is 8.71. The molecule has 0 saturated carbocycles. The van der Waals surface area contributed by atoms with Gasteiger partial charge in [-0.3, -0.25) is 9.48 Å². The van der Waals surface area contributed by atoms with Crippen molar-refractivity contribution in [1.29, 1.82) is 0 Å². The summed E-state index contributed by atoms with van der Waals surface area (Å²) in [6, 6.07) is 5.17. The fourth-order valence-corrected chi connectivity index (χ4v) is 4.73. The zero-order valence-corrected chi connectivity index (χ0v) is 15.3. The van der Waals surface area contributed by atoms with Gasteiger partial charge in [0, 0.05) is 25.8 Å². The maximum atomic E-state index is 12.1. The van der Waals surface area contributed by atoms with Gasteiger partial charge in [0.1, 0.15) is 9.90 Å². The van der Waals surface area contributed by atoms with Crippen LogP contribution in [0.1, 0.15) is 29.4 Å². The van der Waals surface area contributed by atoms with Crippen LogP contribution in [0.2, 0.25) is 0 Å². The number of rotatable bonds is 7. The van der Waals surface area contributed by atoms with Crippen LogP contribution in [-0.4, -0.2) is 50.3 Å². The lowest BCUT2D eigenvalue weighted by molar-refractivity contribution is 0.0948. The Bertz CT molecular complexity index is 795. The molecule has 1 fully saturated rings. The predicted molar refractivity (Wildman–Crippen MR) is 95.2 cm³/mol. The zero-order valence-electron chi connectivity index (χ0n) is 13.6. The van der Waals surface area contributed by atoms with Crippen LogP contribution < -0.4 is 15.4 Å². The van der Waals surface area contributed by atoms with Crippen molar-refractivity contribution < 1.29 is 13.2 Å². The molecule has 2 aromatic rings. The van der Waals surface area contributed by atoms with E-state index in [1.165, 1.54) is 0 Å². The summed E-state index contributed by atoms with van der Waals surface area (Å²) in [6.45, 7) is 2.19. The second kappa shape index (κ2) is 8.09. The summed E-state index contributed by atoms with van der Waals surface area (Å²) >= 11 is 1.15. The largest absolute Gasteiger partial charge is 0.349 e. The minimum atomic E-state index is -3.50. The molecule has 0 radical (unpaired) electrons. The van der Waals surface area contributed by atoms with Crippen molar-refractivity contribution >= 4 is 27.3 Å². The average molecular weight is 383 g/mol. The Morgan fingerprint density at radius 1 is 1.40 bits per heavy atom. The van der Waals surface area contributed by atoms with Gasteiger partial charge in [-0.25, -0.2) is 13.1 Å². The molecule has 3 N–H and O–H groups in total. The van der Waals surface area contributed by atoms with Crippen LogP contribution in [0, 0.1) is 0 Å². The fourth-order valence-electron chi connectivity index (χ4n) is 2.66. The number of carbonyl (C=O) groups is 1. The molecule has 1 amide bonds. The molecule has 1 unspecified atom stereocenters. The number of sulfonamides is 1. The van der Waals surface area contributed by atoms with Crippen molar-refractivity contribution in [2.75, 3.05) is 26.2 Å². The van der Waals surface area contributed by atoms with E-state index in [4.69, 9.17) is 0 Å². The molecule has 10 heteroatoms. The molecule has 2 aromatic heterocycles. The van der Waals surface area contributed by atoms with Gasteiger partial charge in [-0.1, -0.05) is 6.07 Å². The third-order valence-electron chi connectivity index (χ3n) is 3.95. The molecule has 3 heterocycles. The van der Waals surface area contributed by atoms with Gasteiger partial charge in [0.2, 0.25) is 10.0 Å². The van der Waals surface area contributed by atoms with Crippen LogP contribution in [0.5, 0.6) is 0 Å². The summed E-state index contributed by atoms with van der Waals surface area (Å²) in [5, 5.41) is 12.0. The molecule has 136 valence electrons. The molecule has 25 heavy (non-hydrogen) atoms. The number of carbonyl (C=O) groups excluding carboxylic acids is 1.